The Bertz CT molecular complexity index is 1090. The number of benzene rings is 2. The Morgan fingerprint density at radius 3 is 2.23 bits per heavy atom. The number of rotatable bonds is 8. The van der Waals surface area contributed by atoms with Crippen molar-refractivity contribution < 1.29 is 23.9 Å². The summed E-state index contributed by atoms with van der Waals surface area (Å²) in [7, 11) is 0. The van der Waals surface area contributed by atoms with E-state index in [0.29, 0.717) is 16.1 Å². The molecule has 2 unspecified atom stereocenters. The lowest BCUT2D eigenvalue weighted by Crippen LogP contribution is -2.43. The standard InChI is InChI=1S/C26H28Cl2N2O5/c1-26(2,3)19-8-4-17(5-9-19)24(33)29-30-15-18(14-22(30)31)25(34)35-21(12-13-27)23(32)16-6-10-20(28)11-7-16/h4-11,18,21H,12-15H2,1-3H3,(H,29,33). The maximum absolute atomic E-state index is 12.8. The van der Waals surface area contributed by atoms with Crippen LogP contribution in [0.4, 0.5) is 0 Å². The molecule has 9 heteroatoms. The Morgan fingerprint density at radius 1 is 1.06 bits per heavy atom. The van der Waals surface area contributed by atoms with Gasteiger partial charge in [0.2, 0.25) is 11.7 Å². The summed E-state index contributed by atoms with van der Waals surface area (Å²) in [6.07, 6.45) is -1.09. The van der Waals surface area contributed by atoms with Gasteiger partial charge in [-0.05, 0) is 47.4 Å². The zero-order valence-electron chi connectivity index (χ0n) is 19.8. The Labute approximate surface area is 214 Å². The number of hydrazine groups is 1. The summed E-state index contributed by atoms with van der Waals surface area (Å²) in [6.45, 7) is 6.17. The van der Waals surface area contributed by atoms with Gasteiger partial charge in [-0.15, -0.1) is 11.6 Å². The maximum Gasteiger partial charge on any atom is 0.312 e. The molecule has 1 saturated heterocycles. The Balaban J connectivity index is 1.61. The van der Waals surface area contributed by atoms with Gasteiger partial charge < -0.3 is 4.74 Å². The number of carbonyl (C=O) groups excluding carboxylic acids is 4. The van der Waals surface area contributed by atoms with Crippen molar-refractivity contribution in [2.24, 2.45) is 5.92 Å². The largest absolute Gasteiger partial charge is 0.454 e. The predicted octanol–water partition coefficient (Wildman–Crippen LogP) is 4.55. The molecule has 1 aliphatic heterocycles. The van der Waals surface area contributed by atoms with E-state index >= 15 is 0 Å². The van der Waals surface area contributed by atoms with Crippen molar-refractivity contribution in [2.75, 3.05) is 12.4 Å². The number of amides is 2. The first-order chi connectivity index (χ1) is 16.5. The molecular weight excluding hydrogens is 491 g/mol. The number of ketones is 1. The smallest absolute Gasteiger partial charge is 0.312 e. The van der Waals surface area contributed by atoms with Crippen LogP contribution in [0.2, 0.25) is 5.02 Å². The van der Waals surface area contributed by atoms with Gasteiger partial charge in [0.25, 0.3) is 5.91 Å². The average Bonchev–Trinajstić information content (AvgIpc) is 3.18. The molecular formula is C26H28Cl2N2O5. The van der Waals surface area contributed by atoms with Gasteiger partial charge in [-0.25, -0.2) is 0 Å². The Morgan fingerprint density at radius 2 is 1.66 bits per heavy atom. The fourth-order valence-corrected chi connectivity index (χ4v) is 3.99. The highest BCUT2D eigenvalue weighted by atomic mass is 35.5. The number of carbonyl (C=O) groups is 4. The normalized spacial score (nSPS) is 16.7. The number of hydrogen-bond donors (Lipinski definition) is 1. The second-order valence-corrected chi connectivity index (χ2v) is 10.3. The molecule has 0 bridgehead atoms. The van der Waals surface area contributed by atoms with Crippen LogP contribution in [0.15, 0.2) is 48.5 Å². The molecule has 0 saturated carbocycles. The Kier molecular flexibility index (Phi) is 8.56. The van der Waals surface area contributed by atoms with E-state index in [4.69, 9.17) is 27.9 Å². The van der Waals surface area contributed by atoms with E-state index in [0.717, 1.165) is 10.6 Å². The highest BCUT2D eigenvalue weighted by Crippen LogP contribution is 2.23. The fourth-order valence-electron chi connectivity index (χ4n) is 3.66. The van der Waals surface area contributed by atoms with E-state index in [1.54, 1.807) is 36.4 Å². The van der Waals surface area contributed by atoms with Crippen LogP contribution in [0.1, 0.15) is 59.9 Å². The summed E-state index contributed by atoms with van der Waals surface area (Å²) < 4.78 is 5.46. The van der Waals surface area contributed by atoms with Crippen molar-refractivity contribution in [2.45, 2.75) is 45.1 Å². The number of hydrogen-bond acceptors (Lipinski definition) is 5. The highest BCUT2D eigenvalue weighted by molar-refractivity contribution is 6.30. The van der Waals surface area contributed by atoms with Crippen molar-refractivity contribution in [3.8, 4) is 0 Å². The first kappa shape index (κ1) is 26.7. The van der Waals surface area contributed by atoms with E-state index < -0.39 is 35.6 Å². The fraction of sp³-hybridized carbons (Fsp3) is 0.385. The summed E-state index contributed by atoms with van der Waals surface area (Å²) in [4.78, 5) is 50.6. The number of Topliss-reactive ketones (excluding diaryl/α,β-unsaturated/α-hetero) is 1. The van der Waals surface area contributed by atoms with Crippen LogP contribution in [0.3, 0.4) is 0 Å². The molecule has 3 rings (SSSR count). The van der Waals surface area contributed by atoms with Crippen LogP contribution in [-0.4, -0.2) is 47.1 Å². The van der Waals surface area contributed by atoms with Gasteiger partial charge >= 0.3 is 5.97 Å². The monoisotopic (exact) mass is 518 g/mol. The highest BCUT2D eigenvalue weighted by Gasteiger charge is 2.38. The molecule has 2 aromatic rings. The predicted molar refractivity (Wildman–Crippen MR) is 133 cm³/mol. The number of nitrogens with zero attached hydrogens (tertiary/aromatic N) is 1. The van der Waals surface area contributed by atoms with Gasteiger partial charge in [-0.1, -0.05) is 44.5 Å². The summed E-state index contributed by atoms with van der Waals surface area (Å²) >= 11 is 11.7. The third-order valence-electron chi connectivity index (χ3n) is 5.76. The quantitative estimate of drug-likeness (QED) is 0.314. The van der Waals surface area contributed by atoms with Gasteiger partial charge in [0.05, 0.1) is 12.5 Å². The number of esters is 1. The van der Waals surface area contributed by atoms with Gasteiger partial charge in [-0.3, -0.25) is 29.6 Å². The first-order valence-corrected chi connectivity index (χ1v) is 12.2. The Hall–Kier alpha value is -2.90. The number of alkyl halides is 1. The molecule has 0 radical (unpaired) electrons. The number of ether oxygens (including phenoxy) is 1. The van der Waals surface area contributed by atoms with Crippen molar-refractivity contribution in [1.29, 1.82) is 0 Å². The zero-order valence-corrected chi connectivity index (χ0v) is 21.4. The van der Waals surface area contributed by atoms with Crippen LogP contribution in [0.25, 0.3) is 0 Å². The van der Waals surface area contributed by atoms with Crippen LogP contribution in [-0.2, 0) is 19.7 Å². The van der Waals surface area contributed by atoms with E-state index in [-0.39, 0.29) is 30.7 Å². The van der Waals surface area contributed by atoms with E-state index in [9.17, 15) is 19.2 Å². The van der Waals surface area contributed by atoms with Crippen molar-refractivity contribution in [3.05, 3.63) is 70.2 Å². The number of halogens is 2. The third kappa shape index (κ3) is 6.83. The molecule has 7 nitrogen and oxygen atoms in total. The average molecular weight is 519 g/mol. The van der Waals surface area contributed by atoms with Crippen LogP contribution in [0, 0.1) is 5.92 Å². The molecule has 1 fully saturated rings. The molecule has 0 aliphatic carbocycles. The molecule has 186 valence electrons. The molecule has 2 amide bonds. The molecule has 0 aromatic heterocycles. The second-order valence-electron chi connectivity index (χ2n) is 9.45. The lowest BCUT2D eigenvalue weighted by Gasteiger charge is -2.21. The second kappa shape index (κ2) is 11.2. The lowest BCUT2D eigenvalue weighted by atomic mass is 9.87. The minimum Gasteiger partial charge on any atom is -0.454 e. The van der Waals surface area contributed by atoms with Gasteiger partial charge in [-0.2, -0.15) is 0 Å². The van der Waals surface area contributed by atoms with Gasteiger partial charge in [0, 0.05) is 34.9 Å². The summed E-state index contributed by atoms with van der Waals surface area (Å²) in [5.41, 5.74) is 4.32. The van der Waals surface area contributed by atoms with Crippen LogP contribution >= 0.6 is 23.2 Å². The molecule has 1 aliphatic rings. The topological polar surface area (TPSA) is 92.8 Å². The van der Waals surface area contributed by atoms with Crippen molar-refractivity contribution >= 4 is 46.8 Å². The molecule has 2 atom stereocenters. The molecule has 1 heterocycles. The maximum atomic E-state index is 12.8. The third-order valence-corrected chi connectivity index (χ3v) is 6.23. The molecule has 35 heavy (non-hydrogen) atoms. The summed E-state index contributed by atoms with van der Waals surface area (Å²) in [6, 6.07) is 13.4. The zero-order chi connectivity index (χ0) is 25.8. The molecule has 0 spiro atoms. The molecule has 2 aromatic carbocycles. The van der Waals surface area contributed by atoms with E-state index in [1.165, 1.54) is 0 Å². The summed E-state index contributed by atoms with van der Waals surface area (Å²) in [5.74, 6) is -2.67. The van der Waals surface area contributed by atoms with E-state index in [1.807, 2.05) is 12.1 Å². The van der Waals surface area contributed by atoms with Crippen LogP contribution < -0.4 is 5.43 Å². The van der Waals surface area contributed by atoms with Crippen molar-refractivity contribution in [3.63, 3.8) is 0 Å². The van der Waals surface area contributed by atoms with Gasteiger partial charge in [0.1, 0.15) is 0 Å². The first-order valence-electron chi connectivity index (χ1n) is 11.3. The molecule has 1 N–H and O–H groups in total. The minimum atomic E-state index is -1.08. The minimum absolute atomic E-state index is 0.0494. The summed E-state index contributed by atoms with van der Waals surface area (Å²) in [5, 5.41) is 1.59. The van der Waals surface area contributed by atoms with Crippen molar-refractivity contribution in [1.82, 2.24) is 10.4 Å². The van der Waals surface area contributed by atoms with Gasteiger partial charge in [0.15, 0.2) is 6.10 Å². The SMILES string of the molecule is CC(C)(C)c1ccc(C(=O)NN2CC(C(=O)OC(CCCl)C(=O)c3ccc(Cl)cc3)CC2=O)cc1. The van der Waals surface area contributed by atoms with E-state index in [2.05, 4.69) is 26.2 Å². The lowest BCUT2D eigenvalue weighted by molar-refractivity contribution is -0.151. The van der Waals surface area contributed by atoms with Crippen LogP contribution in [0.5, 0.6) is 0 Å². The number of nitrogens with one attached hydrogen (secondary N) is 1.